The number of rotatable bonds is 16. The number of Topliss-reactive ketones (excluding diaryl/α,β-unsaturated/α-hetero) is 1. The van der Waals surface area contributed by atoms with E-state index in [0.717, 1.165) is 77.4 Å². The molecule has 0 aliphatic carbocycles. The fraction of sp³-hybridized carbons (Fsp3) is 0.453. The van der Waals surface area contributed by atoms with Crippen LogP contribution in [0.2, 0.25) is 0 Å². The average molecular weight is 1030 g/mol. The molecule has 0 spiro atoms. The summed E-state index contributed by atoms with van der Waals surface area (Å²) in [5.74, 6) is 5.09. The summed E-state index contributed by atoms with van der Waals surface area (Å²) in [6.07, 6.45) is 5.25. The number of thiol groups is 1. The third kappa shape index (κ3) is 15.9. The van der Waals surface area contributed by atoms with Gasteiger partial charge in [-0.1, -0.05) is 68.8 Å². The lowest BCUT2D eigenvalue weighted by Crippen LogP contribution is -2.25. The number of fused-ring (bicyclic) bond motifs is 2. The van der Waals surface area contributed by atoms with Gasteiger partial charge in [-0.2, -0.15) is 12.6 Å². The first-order valence-corrected chi connectivity index (χ1v) is 26.7. The Morgan fingerprint density at radius 2 is 1.21 bits per heavy atom. The Morgan fingerprint density at radius 3 is 1.69 bits per heavy atom. The lowest BCUT2D eigenvalue weighted by atomic mass is 9.99. The number of alkyl halides is 1. The van der Waals surface area contributed by atoms with E-state index in [-0.39, 0.29) is 23.3 Å². The summed E-state index contributed by atoms with van der Waals surface area (Å²) < 4.78 is 22.7. The summed E-state index contributed by atoms with van der Waals surface area (Å²) in [7, 11) is 0. The molecule has 4 N–H and O–H groups in total. The first-order chi connectivity index (χ1) is 33.2. The average Bonchev–Trinajstić information content (AvgIpc) is 4.26. The van der Waals surface area contributed by atoms with Crippen LogP contribution in [0, 0.1) is 0 Å². The first kappa shape index (κ1) is 54.1. The van der Waals surface area contributed by atoms with E-state index in [0.29, 0.717) is 45.9 Å². The molecule has 0 saturated carbocycles. The molecule has 9 rings (SSSR count). The van der Waals surface area contributed by atoms with E-state index < -0.39 is 0 Å². The van der Waals surface area contributed by atoms with Gasteiger partial charge in [-0.3, -0.25) is 19.4 Å². The van der Waals surface area contributed by atoms with Crippen molar-refractivity contribution < 1.29 is 28.5 Å². The lowest BCUT2D eigenvalue weighted by molar-refractivity contribution is 0.102. The van der Waals surface area contributed by atoms with Crippen LogP contribution in [0.4, 0.5) is 22.3 Å². The van der Waals surface area contributed by atoms with Crippen LogP contribution in [0.3, 0.4) is 0 Å². The Kier molecular flexibility index (Phi) is 22.8. The number of halogens is 1. The van der Waals surface area contributed by atoms with Crippen LogP contribution in [0.1, 0.15) is 116 Å². The monoisotopic (exact) mass is 1030 g/mol. The number of benzene rings is 4. The quantitative estimate of drug-likeness (QED) is 0.0324. The van der Waals surface area contributed by atoms with Gasteiger partial charge in [0.15, 0.2) is 10.9 Å². The molecule has 4 aromatic carbocycles. The molecule has 2 saturated heterocycles. The van der Waals surface area contributed by atoms with Gasteiger partial charge in [0, 0.05) is 58.6 Å². The van der Waals surface area contributed by atoms with Crippen molar-refractivity contribution in [3.63, 3.8) is 0 Å². The molecule has 368 valence electrons. The molecule has 68 heavy (non-hydrogen) atoms. The number of likely N-dealkylation sites (tertiary alicyclic amines) is 2. The maximum atomic E-state index is 13.1. The van der Waals surface area contributed by atoms with Gasteiger partial charge in [-0.05, 0) is 137 Å². The number of ketones is 2. The third-order valence-electron chi connectivity index (χ3n) is 11.6. The SMILES string of the molecule is CC.CC.CC1COc2ccc(C(=O)CBr)cc21.CC1COc2ccc(C(=O)c3sc(Nc4ccc(OCCN5CCCC5)cc4)nc3N)cc21.SCNc1ccc(OCCN2CCCC2)cc1. The zero-order valence-corrected chi connectivity index (χ0v) is 44.0. The summed E-state index contributed by atoms with van der Waals surface area (Å²) >= 11 is 8.54. The molecular formula is C53H71BrN6O6S2. The number of hydrogen-bond acceptors (Lipinski definition) is 14. The zero-order valence-electron chi connectivity index (χ0n) is 40.7. The predicted octanol–water partition coefficient (Wildman–Crippen LogP) is 11.9. The Hall–Kier alpha value is -4.80. The molecule has 0 amide bonds. The topological polar surface area (TPSA) is 141 Å². The number of thiazole rings is 1. The molecule has 4 aliphatic heterocycles. The highest BCUT2D eigenvalue weighted by Gasteiger charge is 2.25. The fourth-order valence-corrected chi connectivity index (χ4v) is 9.30. The van der Waals surface area contributed by atoms with Crippen LogP contribution in [0.25, 0.3) is 0 Å². The van der Waals surface area contributed by atoms with Crippen molar-refractivity contribution in [2.24, 2.45) is 0 Å². The zero-order chi connectivity index (χ0) is 48.8. The van der Waals surface area contributed by atoms with Crippen molar-refractivity contribution in [2.45, 2.75) is 79.1 Å². The van der Waals surface area contributed by atoms with Crippen molar-refractivity contribution in [1.82, 2.24) is 14.8 Å². The van der Waals surface area contributed by atoms with Crippen LogP contribution in [-0.4, -0.2) is 103 Å². The molecule has 2 unspecified atom stereocenters. The van der Waals surface area contributed by atoms with Crippen molar-refractivity contribution >= 4 is 73.8 Å². The van der Waals surface area contributed by atoms with Gasteiger partial charge in [-0.25, -0.2) is 4.98 Å². The van der Waals surface area contributed by atoms with Gasteiger partial charge >= 0.3 is 0 Å². The number of nitrogens with one attached hydrogen (secondary N) is 2. The van der Waals surface area contributed by atoms with E-state index in [1.54, 1.807) is 6.07 Å². The predicted molar refractivity (Wildman–Crippen MR) is 287 cm³/mol. The smallest absolute Gasteiger partial charge is 0.206 e. The van der Waals surface area contributed by atoms with E-state index >= 15 is 0 Å². The summed E-state index contributed by atoms with van der Waals surface area (Å²) in [5, 5.41) is 7.33. The molecule has 5 heterocycles. The number of nitrogens with two attached hydrogens (primary N) is 1. The molecule has 0 bridgehead atoms. The number of carbonyl (C=O) groups is 2. The highest BCUT2D eigenvalue weighted by atomic mass is 79.9. The molecule has 4 aliphatic rings. The highest BCUT2D eigenvalue weighted by Crippen LogP contribution is 2.37. The van der Waals surface area contributed by atoms with E-state index in [1.165, 1.54) is 63.2 Å². The first-order valence-electron chi connectivity index (χ1n) is 24.1. The maximum Gasteiger partial charge on any atom is 0.206 e. The van der Waals surface area contributed by atoms with Gasteiger partial charge in [-0.15, -0.1) is 0 Å². The van der Waals surface area contributed by atoms with Gasteiger partial charge in [0.05, 0.1) is 24.4 Å². The van der Waals surface area contributed by atoms with Gasteiger partial charge < -0.3 is 35.3 Å². The summed E-state index contributed by atoms with van der Waals surface area (Å²) in [4.78, 5) is 34.2. The number of hydrogen-bond donors (Lipinski definition) is 4. The number of nitrogens with zero attached hydrogens (tertiary/aromatic N) is 3. The minimum Gasteiger partial charge on any atom is -0.493 e. The summed E-state index contributed by atoms with van der Waals surface area (Å²) in [5.41, 5.74) is 11.6. The second-order valence-corrected chi connectivity index (χ2v) is 18.2. The standard InChI is InChI=1S/C25H28N4O3S.C13H20N2OS.C11H11BrO2.2C2H6/c1-16-15-32-21-9-4-17(14-20(16)21)22(30)23-24(26)28-25(33-23)27-18-5-7-19(8-6-18)31-13-12-29-10-2-3-11-29;17-11-14-12-3-5-13(6-4-12)16-10-9-15-7-1-2-8-15;1-7-6-14-11-3-2-8(4-9(7)11)10(13)5-12;2*1-2/h4-9,14,16H,2-3,10-13,15,26H2,1H3,(H,27,28);3-6,14,17H,1-2,7-11H2;2-4,7H,5-6H2,1H3;2*1-2H3. The van der Waals surface area contributed by atoms with E-state index in [4.69, 9.17) is 24.7 Å². The van der Waals surface area contributed by atoms with Gasteiger partial charge in [0.25, 0.3) is 0 Å². The summed E-state index contributed by atoms with van der Waals surface area (Å²) in [6.45, 7) is 21.8. The van der Waals surface area contributed by atoms with Crippen molar-refractivity contribution in [3.05, 3.63) is 112 Å². The van der Waals surface area contributed by atoms with Gasteiger partial charge in [0.2, 0.25) is 5.78 Å². The molecular weight excluding hydrogens is 961 g/mol. The Bertz CT molecular complexity index is 2300. The lowest BCUT2D eigenvalue weighted by Gasteiger charge is -2.15. The molecule has 0 radical (unpaired) electrons. The van der Waals surface area contributed by atoms with Crippen LogP contribution in [0.15, 0.2) is 84.9 Å². The Balaban J connectivity index is 0.000000206. The molecule has 12 nitrogen and oxygen atoms in total. The van der Waals surface area contributed by atoms with Crippen LogP contribution in [0.5, 0.6) is 23.0 Å². The highest BCUT2D eigenvalue weighted by molar-refractivity contribution is 9.09. The second-order valence-electron chi connectivity index (χ2n) is 16.4. The second kappa shape index (κ2) is 28.6. The van der Waals surface area contributed by atoms with Gasteiger partial charge in [0.1, 0.15) is 46.9 Å². The molecule has 2 fully saturated rings. The van der Waals surface area contributed by atoms with Crippen LogP contribution < -0.4 is 35.3 Å². The minimum absolute atomic E-state index is 0.118. The van der Waals surface area contributed by atoms with Crippen molar-refractivity contribution in [2.75, 3.05) is 93.3 Å². The van der Waals surface area contributed by atoms with E-state index in [2.05, 4.69) is 67.8 Å². The minimum atomic E-state index is -0.123. The third-order valence-corrected chi connectivity index (χ3v) is 13.3. The van der Waals surface area contributed by atoms with E-state index in [1.807, 2.05) is 107 Å². The van der Waals surface area contributed by atoms with E-state index in [9.17, 15) is 9.59 Å². The van der Waals surface area contributed by atoms with Crippen LogP contribution in [-0.2, 0) is 0 Å². The number of nitrogen functional groups attached to an aromatic ring is 1. The number of carbonyl (C=O) groups excluding carboxylic acids is 2. The number of aromatic nitrogens is 1. The largest absolute Gasteiger partial charge is 0.493 e. The van der Waals surface area contributed by atoms with Crippen molar-refractivity contribution in [3.8, 4) is 23.0 Å². The normalized spacial score (nSPS) is 16.6. The molecule has 15 heteroatoms. The molecule has 2 atom stereocenters. The number of anilines is 4. The van der Waals surface area contributed by atoms with Crippen molar-refractivity contribution in [1.29, 1.82) is 0 Å². The molecule has 5 aromatic rings. The molecule has 1 aromatic heterocycles. The van der Waals surface area contributed by atoms with Crippen LogP contribution >= 0.6 is 39.9 Å². The fourth-order valence-electron chi connectivity index (χ4n) is 7.93. The maximum absolute atomic E-state index is 13.1. The Labute approximate surface area is 422 Å². The summed E-state index contributed by atoms with van der Waals surface area (Å²) in [6, 6.07) is 27.0. The Morgan fingerprint density at radius 1 is 0.735 bits per heavy atom. The number of ether oxygens (including phenoxy) is 4.